The zero-order valence-electron chi connectivity index (χ0n) is 19.1. The van der Waals surface area contributed by atoms with Crippen molar-refractivity contribution in [3.05, 3.63) is 94.8 Å². The lowest BCUT2D eigenvalue weighted by molar-refractivity contribution is -0.137. The minimum Gasteiger partial charge on any atom is -0.489 e. The number of hydrogen-bond donors (Lipinski definition) is 1. The number of halogens is 1. The monoisotopic (exact) mass is 463 g/mol. The summed E-state index contributed by atoms with van der Waals surface area (Å²) in [5.74, 6) is -0.554. The molecule has 0 aliphatic carbocycles. The number of benzene rings is 3. The Morgan fingerprint density at radius 2 is 1.79 bits per heavy atom. The fourth-order valence-electron chi connectivity index (χ4n) is 3.99. The molecule has 4 rings (SSSR count). The van der Waals surface area contributed by atoms with Gasteiger partial charge in [-0.25, -0.2) is 4.39 Å². The van der Waals surface area contributed by atoms with Crippen molar-refractivity contribution in [1.82, 2.24) is 4.90 Å². The summed E-state index contributed by atoms with van der Waals surface area (Å²) in [5.41, 5.74) is 2.70. The quantitative estimate of drug-likeness (QED) is 0.517. The molecule has 0 radical (unpaired) electrons. The molecule has 0 atom stereocenters. The first kappa shape index (κ1) is 23.3. The molecule has 1 aliphatic heterocycles. The number of amides is 1. The Morgan fingerprint density at radius 1 is 1.06 bits per heavy atom. The number of carboxylic acids is 1. The van der Waals surface area contributed by atoms with E-state index in [1.807, 2.05) is 32.0 Å². The lowest BCUT2D eigenvalue weighted by atomic mass is 10.00. The van der Waals surface area contributed by atoms with Gasteiger partial charge in [0.1, 0.15) is 36.1 Å². The molecule has 0 fully saturated rings. The van der Waals surface area contributed by atoms with E-state index < -0.39 is 18.4 Å². The van der Waals surface area contributed by atoms with E-state index in [9.17, 15) is 19.1 Å². The minimum absolute atomic E-state index is 0.152. The molecule has 0 saturated heterocycles. The number of rotatable bonds is 8. The molecule has 0 spiro atoms. The van der Waals surface area contributed by atoms with Crippen LogP contribution in [0.4, 0.5) is 4.39 Å². The number of ether oxygens (including phenoxy) is 2. The van der Waals surface area contributed by atoms with Crippen LogP contribution >= 0.6 is 0 Å². The van der Waals surface area contributed by atoms with Crippen molar-refractivity contribution < 1.29 is 28.6 Å². The third-order valence-corrected chi connectivity index (χ3v) is 5.51. The van der Waals surface area contributed by atoms with E-state index in [0.717, 1.165) is 28.9 Å². The molecule has 1 heterocycles. The van der Waals surface area contributed by atoms with Crippen LogP contribution in [0.3, 0.4) is 0 Å². The van der Waals surface area contributed by atoms with Gasteiger partial charge in [-0.3, -0.25) is 9.59 Å². The van der Waals surface area contributed by atoms with Gasteiger partial charge in [0.15, 0.2) is 0 Å². The maximum atomic E-state index is 13.2. The Morgan fingerprint density at radius 3 is 2.53 bits per heavy atom. The van der Waals surface area contributed by atoms with E-state index >= 15 is 0 Å². The van der Waals surface area contributed by atoms with Gasteiger partial charge in [-0.15, -0.1) is 0 Å². The van der Waals surface area contributed by atoms with E-state index in [0.29, 0.717) is 11.3 Å². The molecular weight excluding hydrogens is 437 g/mol. The topological polar surface area (TPSA) is 76.1 Å². The van der Waals surface area contributed by atoms with Crippen molar-refractivity contribution in [2.24, 2.45) is 0 Å². The number of nitrogens with zero attached hydrogens (tertiary/aromatic N) is 1. The predicted octanol–water partition coefficient (Wildman–Crippen LogP) is 4.85. The van der Waals surface area contributed by atoms with Gasteiger partial charge in [0.2, 0.25) is 0 Å². The molecule has 176 valence electrons. The van der Waals surface area contributed by atoms with Gasteiger partial charge in [0, 0.05) is 18.5 Å². The molecule has 0 unspecified atom stereocenters. The number of carbonyl (C=O) groups excluding carboxylic acids is 1. The number of carbonyl (C=O) groups is 2. The molecule has 34 heavy (non-hydrogen) atoms. The average Bonchev–Trinajstić information content (AvgIpc) is 3.10. The van der Waals surface area contributed by atoms with Crippen LogP contribution < -0.4 is 9.47 Å². The molecule has 1 amide bonds. The normalized spacial score (nSPS) is 13.6. The highest BCUT2D eigenvalue weighted by molar-refractivity contribution is 5.96. The van der Waals surface area contributed by atoms with Crippen LogP contribution in [-0.2, 0) is 24.4 Å². The van der Waals surface area contributed by atoms with Crippen LogP contribution in [0, 0.1) is 5.82 Å². The van der Waals surface area contributed by atoms with Crippen LogP contribution in [0.5, 0.6) is 11.5 Å². The molecule has 3 aromatic carbocycles. The number of fused-ring (bicyclic) bond motifs is 1. The maximum Gasteiger partial charge on any atom is 0.323 e. The van der Waals surface area contributed by atoms with Crippen molar-refractivity contribution in [3.8, 4) is 11.5 Å². The maximum absolute atomic E-state index is 13.2. The van der Waals surface area contributed by atoms with Crippen LogP contribution in [0.15, 0.2) is 66.7 Å². The summed E-state index contributed by atoms with van der Waals surface area (Å²) in [4.78, 5) is 26.0. The van der Waals surface area contributed by atoms with E-state index in [2.05, 4.69) is 0 Å². The number of aliphatic carboxylic acids is 1. The van der Waals surface area contributed by atoms with Gasteiger partial charge in [0.05, 0.1) is 0 Å². The first-order chi connectivity index (χ1) is 16.2. The lowest BCUT2D eigenvalue weighted by Crippen LogP contribution is -2.35. The summed E-state index contributed by atoms with van der Waals surface area (Å²) in [6.07, 6.45) is 0.747. The highest BCUT2D eigenvalue weighted by Gasteiger charge is 2.30. The summed E-state index contributed by atoms with van der Waals surface area (Å²) >= 11 is 0. The van der Waals surface area contributed by atoms with Crippen molar-refractivity contribution >= 4 is 11.9 Å². The second-order valence-electron chi connectivity index (χ2n) is 8.98. The molecular formula is C27H26FNO5. The van der Waals surface area contributed by atoms with Crippen molar-refractivity contribution in [2.75, 3.05) is 6.54 Å². The zero-order valence-corrected chi connectivity index (χ0v) is 19.1. The van der Waals surface area contributed by atoms with Gasteiger partial charge < -0.3 is 19.5 Å². The second kappa shape index (κ2) is 9.55. The van der Waals surface area contributed by atoms with Crippen LogP contribution in [-0.4, -0.2) is 34.0 Å². The SMILES string of the molecule is CC1(C)Cc2cc(CN(CC(=O)O)C(=O)c3cccc(OCc4ccc(F)cc4)c3)ccc2O1. The van der Waals surface area contributed by atoms with Crippen LogP contribution in [0.25, 0.3) is 0 Å². The van der Waals surface area contributed by atoms with E-state index in [-0.39, 0.29) is 24.6 Å². The number of carboxylic acid groups (broad SMARTS) is 1. The summed E-state index contributed by atoms with van der Waals surface area (Å²) in [7, 11) is 0. The van der Waals surface area contributed by atoms with Gasteiger partial charge >= 0.3 is 5.97 Å². The first-order valence-corrected chi connectivity index (χ1v) is 11.0. The van der Waals surface area contributed by atoms with E-state index in [1.165, 1.54) is 17.0 Å². The molecule has 6 nitrogen and oxygen atoms in total. The Bertz CT molecular complexity index is 1210. The third-order valence-electron chi connectivity index (χ3n) is 5.51. The molecule has 0 bridgehead atoms. The van der Waals surface area contributed by atoms with Crippen molar-refractivity contribution in [2.45, 2.75) is 39.0 Å². The molecule has 1 aliphatic rings. The van der Waals surface area contributed by atoms with Crippen molar-refractivity contribution in [3.63, 3.8) is 0 Å². The second-order valence-corrected chi connectivity index (χ2v) is 8.98. The smallest absolute Gasteiger partial charge is 0.323 e. The molecule has 0 saturated carbocycles. The van der Waals surface area contributed by atoms with Crippen molar-refractivity contribution in [1.29, 1.82) is 0 Å². The average molecular weight is 464 g/mol. The Balaban J connectivity index is 1.49. The fraction of sp³-hybridized carbons (Fsp3) is 0.259. The largest absolute Gasteiger partial charge is 0.489 e. The lowest BCUT2D eigenvalue weighted by Gasteiger charge is -2.21. The van der Waals surface area contributed by atoms with E-state index in [1.54, 1.807) is 36.4 Å². The molecule has 3 aromatic rings. The Hall–Kier alpha value is -3.87. The summed E-state index contributed by atoms with van der Waals surface area (Å²) < 4.78 is 24.7. The zero-order chi connectivity index (χ0) is 24.3. The van der Waals surface area contributed by atoms with Crippen LogP contribution in [0.1, 0.15) is 40.9 Å². The molecule has 7 heteroatoms. The third kappa shape index (κ3) is 5.73. The molecule has 0 aromatic heterocycles. The molecule has 1 N–H and O–H groups in total. The fourth-order valence-corrected chi connectivity index (χ4v) is 3.99. The highest BCUT2D eigenvalue weighted by atomic mass is 19.1. The summed E-state index contributed by atoms with van der Waals surface area (Å²) in [6.45, 7) is 3.96. The standard InChI is InChI=1S/C27H26FNO5/c1-27(2)14-21-12-19(8-11-24(21)34-27)15-29(16-25(30)31)26(32)20-4-3-5-23(13-20)33-17-18-6-9-22(28)10-7-18/h3-13H,14-17H2,1-2H3,(H,30,31). The number of hydrogen-bond acceptors (Lipinski definition) is 4. The van der Waals surface area contributed by atoms with Gasteiger partial charge in [-0.1, -0.05) is 30.3 Å². The van der Waals surface area contributed by atoms with Gasteiger partial charge in [-0.2, -0.15) is 0 Å². The Labute approximate surface area is 197 Å². The summed E-state index contributed by atoms with van der Waals surface area (Å²) in [6, 6.07) is 18.3. The van der Waals surface area contributed by atoms with Crippen LogP contribution in [0.2, 0.25) is 0 Å². The van der Waals surface area contributed by atoms with Gasteiger partial charge in [0.25, 0.3) is 5.91 Å². The van der Waals surface area contributed by atoms with Gasteiger partial charge in [-0.05, 0) is 66.9 Å². The Kier molecular flexibility index (Phi) is 6.54. The summed E-state index contributed by atoms with van der Waals surface area (Å²) in [5, 5.41) is 9.40. The minimum atomic E-state index is -1.09. The predicted molar refractivity (Wildman–Crippen MR) is 124 cm³/mol. The highest BCUT2D eigenvalue weighted by Crippen LogP contribution is 2.35. The van der Waals surface area contributed by atoms with E-state index in [4.69, 9.17) is 9.47 Å². The first-order valence-electron chi connectivity index (χ1n) is 11.0.